The Labute approximate surface area is 187 Å². The summed E-state index contributed by atoms with van der Waals surface area (Å²) in [4.78, 5) is 12.4. The Hall–Kier alpha value is -3.06. The maximum Gasteiger partial charge on any atom is 0.234 e. The summed E-state index contributed by atoms with van der Waals surface area (Å²) < 4.78 is 7.86. The van der Waals surface area contributed by atoms with Crippen LogP contribution in [0, 0.1) is 27.7 Å². The van der Waals surface area contributed by atoms with Crippen molar-refractivity contribution in [1.29, 1.82) is 0 Å². The van der Waals surface area contributed by atoms with Crippen LogP contribution in [0.25, 0.3) is 0 Å². The molecule has 0 unspecified atom stereocenters. The number of amides is 1. The van der Waals surface area contributed by atoms with Gasteiger partial charge in [-0.3, -0.25) is 9.36 Å². The minimum absolute atomic E-state index is 0.0851. The molecule has 0 saturated heterocycles. The predicted molar refractivity (Wildman–Crippen MR) is 126 cm³/mol. The molecule has 0 bridgehead atoms. The van der Waals surface area contributed by atoms with E-state index in [0.29, 0.717) is 24.1 Å². The Morgan fingerprint density at radius 2 is 1.84 bits per heavy atom. The monoisotopic (exact) mass is 436 g/mol. The molecule has 31 heavy (non-hydrogen) atoms. The van der Waals surface area contributed by atoms with Gasteiger partial charge in [0.05, 0.1) is 5.75 Å². The molecule has 0 atom stereocenters. The molecular formula is C24H28N4O2S. The molecule has 3 rings (SSSR count). The highest BCUT2D eigenvalue weighted by atomic mass is 32.2. The van der Waals surface area contributed by atoms with Crippen molar-refractivity contribution in [3.8, 4) is 5.75 Å². The van der Waals surface area contributed by atoms with E-state index in [-0.39, 0.29) is 11.7 Å². The zero-order valence-corrected chi connectivity index (χ0v) is 19.3. The third kappa shape index (κ3) is 6.21. The van der Waals surface area contributed by atoms with Gasteiger partial charge in [0.2, 0.25) is 5.91 Å². The van der Waals surface area contributed by atoms with Gasteiger partial charge in [-0.05, 0) is 62.6 Å². The minimum Gasteiger partial charge on any atom is -0.486 e. The lowest BCUT2D eigenvalue weighted by atomic mass is 10.1. The number of ether oxygens (including phenoxy) is 1. The fourth-order valence-electron chi connectivity index (χ4n) is 3.28. The Morgan fingerprint density at radius 3 is 2.52 bits per heavy atom. The zero-order chi connectivity index (χ0) is 22.4. The molecular weight excluding hydrogens is 408 g/mol. The molecule has 0 aliphatic rings. The predicted octanol–water partition coefficient (Wildman–Crippen LogP) is 5.01. The highest BCUT2D eigenvalue weighted by molar-refractivity contribution is 7.99. The summed E-state index contributed by atoms with van der Waals surface area (Å²) in [6.07, 6.45) is 1.78. The molecule has 3 aromatic rings. The molecule has 1 amide bonds. The number of nitrogens with one attached hydrogen (secondary N) is 1. The molecule has 1 aromatic heterocycles. The first-order valence-electron chi connectivity index (χ1n) is 10.1. The number of hydrogen-bond donors (Lipinski definition) is 1. The normalized spacial score (nSPS) is 10.7. The van der Waals surface area contributed by atoms with Crippen molar-refractivity contribution >= 4 is 23.4 Å². The van der Waals surface area contributed by atoms with Crippen molar-refractivity contribution in [3.05, 3.63) is 77.1 Å². The molecule has 6 nitrogen and oxygen atoms in total. The Morgan fingerprint density at radius 1 is 1.10 bits per heavy atom. The number of aromatic nitrogens is 3. The van der Waals surface area contributed by atoms with E-state index in [0.717, 1.165) is 33.7 Å². The second kappa shape index (κ2) is 10.3. The van der Waals surface area contributed by atoms with E-state index in [4.69, 9.17) is 4.74 Å². The molecule has 0 aliphatic heterocycles. The van der Waals surface area contributed by atoms with Crippen LogP contribution in [-0.4, -0.2) is 26.4 Å². The van der Waals surface area contributed by atoms with Gasteiger partial charge in [0.25, 0.3) is 0 Å². The van der Waals surface area contributed by atoms with Crippen LogP contribution in [0.2, 0.25) is 0 Å². The van der Waals surface area contributed by atoms with Crippen LogP contribution in [-0.2, 0) is 17.9 Å². The summed E-state index contributed by atoms with van der Waals surface area (Å²) in [5.41, 5.74) is 5.32. The van der Waals surface area contributed by atoms with E-state index < -0.39 is 0 Å². The van der Waals surface area contributed by atoms with Gasteiger partial charge < -0.3 is 10.1 Å². The van der Waals surface area contributed by atoms with Gasteiger partial charge in [-0.2, -0.15) is 0 Å². The lowest BCUT2D eigenvalue weighted by molar-refractivity contribution is -0.113. The van der Waals surface area contributed by atoms with E-state index in [2.05, 4.69) is 28.2 Å². The van der Waals surface area contributed by atoms with Crippen molar-refractivity contribution < 1.29 is 9.53 Å². The number of aryl methyl sites for hydroxylation is 4. The van der Waals surface area contributed by atoms with Gasteiger partial charge in [0.15, 0.2) is 11.0 Å². The van der Waals surface area contributed by atoms with Crippen LogP contribution in [0.15, 0.2) is 54.2 Å². The van der Waals surface area contributed by atoms with E-state index in [1.54, 1.807) is 6.08 Å². The number of allylic oxidation sites excluding steroid dienone is 1. The second-order valence-corrected chi connectivity index (χ2v) is 8.51. The van der Waals surface area contributed by atoms with Crippen molar-refractivity contribution in [2.75, 3.05) is 11.1 Å². The fourth-order valence-corrected chi connectivity index (χ4v) is 4.05. The van der Waals surface area contributed by atoms with Gasteiger partial charge in [-0.15, -0.1) is 16.8 Å². The van der Waals surface area contributed by atoms with E-state index >= 15 is 0 Å². The molecule has 7 heteroatoms. The summed E-state index contributed by atoms with van der Waals surface area (Å²) in [5.74, 6) is 1.64. The highest BCUT2D eigenvalue weighted by Crippen LogP contribution is 2.22. The number of carbonyl (C=O) groups is 1. The number of carbonyl (C=O) groups excluding carboxylic acids is 1. The quantitative estimate of drug-likeness (QED) is 0.377. The zero-order valence-electron chi connectivity index (χ0n) is 18.4. The molecule has 0 saturated carbocycles. The summed E-state index contributed by atoms with van der Waals surface area (Å²) in [7, 11) is 0. The molecule has 0 aliphatic carbocycles. The molecule has 1 heterocycles. The standard InChI is InChI=1S/C24H28N4O2S/c1-6-9-28-22(14-30-20-12-17(3)10-18(4)13-20)26-27-24(28)31-15-23(29)25-21-8-7-16(2)11-19(21)5/h6-8,10-13H,1,9,14-15H2,2-5H3,(H,25,29). The first kappa shape index (κ1) is 22.6. The van der Waals surface area contributed by atoms with Gasteiger partial charge in [0.1, 0.15) is 12.4 Å². The van der Waals surface area contributed by atoms with E-state index in [1.165, 1.54) is 11.8 Å². The van der Waals surface area contributed by atoms with Crippen molar-refractivity contribution in [2.24, 2.45) is 0 Å². The maximum atomic E-state index is 12.4. The molecule has 0 spiro atoms. The van der Waals surface area contributed by atoms with Crippen molar-refractivity contribution in [1.82, 2.24) is 14.8 Å². The number of thioether (sulfide) groups is 1. The van der Waals surface area contributed by atoms with Crippen LogP contribution in [0.3, 0.4) is 0 Å². The lowest BCUT2D eigenvalue weighted by Crippen LogP contribution is -2.15. The topological polar surface area (TPSA) is 69.0 Å². The summed E-state index contributed by atoms with van der Waals surface area (Å²) in [6, 6.07) is 12.0. The highest BCUT2D eigenvalue weighted by Gasteiger charge is 2.15. The molecule has 162 valence electrons. The average molecular weight is 437 g/mol. The number of anilines is 1. The summed E-state index contributed by atoms with van der Waals surface area (Å²) >= 11 is 1.34. The minimum atomic E-state index is -0.0851. The SMILES string of the molecule is C=CCn1c(COc2cc(C)cc(C)c2)nnc1SCC(=O)Nc1ccc(C)cc1C. The van der Waals surface area contributed by atoms with Crippen LogP contribution in [0.4, 0.5) is 5.69 Å². The lowest BCUT2D eigenvalue weighted by Gasteiger charge is -2.11. The fraction of sp³-hybridized carbons (Fsp3) is 0.292. The maximum absolute atomic E-state index is 12.4. The van der Waals surface area contributed by atoms with Gasteiger partial charge >= 0.3 is 0 Å². The Bertz CT molecular complexity index is 1070. The number of rotatable bonds is 9. The van der Waals surface area contributed by atoms with Crippen molar-refractivity contribution in [3.63, 3.8) is 0 Å². The van der Waals surface area contributed by atoms with Crippen LogP contribution >= 0.6 is 11.8 Å². The smallest absolute Gasteiger partial charge is 0.234 e. The van der Waals surface area contributed by atoms with Gasteiger partial charge in [-0.25, -0.2) is 0 Å². The van der Waals surface area contributed by atoms with Crippen molar-refractivity contribution in [2.45, 2.75) is 46.0 Å². The largest absolute Gasteiger partial charge is 0.486 e. The van der Waals surface area contributed by atoms with Crippen LogP contribution < -0.4 is 10.1 Å². The Balaban J connectivity index is 1.64. The van der Waals surface area contributed by atoms with Crippen LogP contribution in [0.5, 0.6) is 5.75 Å². The first-order chi connectivity index (χ1) is 14.9. The van der Waals surface area contributed by atoms with E-state index in [9.17, 15) is 4.79 Å². The molecule has 0 fully saturated rings. The molecule has 2 aromatic carbocycles. The molecule has 0 radical (unpaired) electrons. The number of nitrogens with zero attached hydrogens (tertiary/aromatic N) is 3. The first-order valence-corrected chi connectivity index (χ1v) is 11.1. The number of benzene rings is 2. The van der Waals surface area contributed by atoms with Crippen LogP contribution in [0.1, 0.15) is 28.1 Å². The third-order valence-corrected chi connectivity index (χ3v) is 5.62. The Kier molecular flexibility index (Phi) is 7.52. The summed E-state index contributed by atoms with van der Waals surface area (Å²) in [6.45, 7) is 12.7. The average Bonchev–Trinajstić information content (AvgIpc) is 3.08. The van der Waals surface area contributed by atoms with Gasteiger partial charge in [-0.1, -0.05) is 41.6 Å². The number of hydrogen-bond acceptors (Lipinski definition) is 5. The molecule has 1 N–H and O–H groups in total. The van der Waals surface area contributed by atoms with Gasteiger partial charge in [0, 0.05) is 12.2 Å². The van der Waals surface area contributed by atoms with E-state index in [1.807, 2.05) is 62.6 Å². The third-order valence-electron chi connectivity index (χ3n) is 4.66. The second-order valence-electron chi connectivity index (χ2n) is 7.57. The summed E-state index contributed by atoms with van der Waals surface area (Å²) in [5, 5.41) is 12.1.